The van der Waals surface area contributed by atoms with Crippen molar-refractivity contribution in [2.75, 3.05) is 17.9 Å². The summed E-state index contributed by atoms with van der Waals surface area (Å²) in [5.41, 5.74) is 1.56. The number of carboxylic acid groups (broad SMARTS) is 1. The minimum atomic E-state index is -3.75. The number of ether oxygens (including phenoxy) is 2. The molecule has 0 aliphatic carbocycles. The van der Waals surface area contributed by atoms with Gasteiger partial charge in [-0.15, -0.1) is 0 Å². The lowest BCUT2D eigenvalue weighted by atomic mass is 10.2. The van der Waals surface area contributed by atoms with E-state index in [0.29, 0.717) is 17.2 Å². The van der Waals surface area contributed by atoms with Crippen LogP contribution >= 0.6 is 0 Å². The van der Waals surface area contributed by atoms with Gasteiger partial charge in [0.2, 0.25) is 0 Å². The van der Waals surface area contributed by atoms with Gasteiger partial charge in [0.05, 0.1) is 16.1 Å². The van der Waals surface area contributed by atoms with Gasteiger partial charge in [0.25, 0.3) is 10.0 Å². The van der Waals surface area contributed by atoms with E-state index in [0.717, 1.165) is 12.0 Å². The number of hydrogen-bond acceptors (Lipinski definition) is 5. The SMILES string of the molecule is CCc1ccc(S(=O)(=O)Nc2ccccc2OCCOc2ccc(C(=O)O)cc2)cc1. The number of rotatable bonds is 10. The van der Waals surface area contributed by atoms with E-state index in [9.17, 15) is 13.2 Å². The predicted molar refractivity (Wildman–Crippen MR) is 117 cm³/mol. The van der Waals surface area contributed by atoms with Crippen molar-refractivity contribution in [1.29, 1.82) is 0 Å². The van der Waals surface area contributed by atoms with Crippen molar-refractivity contribution in [2.24, 2.45) is 0 Å². The van der Waals surface area contributed by atoms with E-state index in [1.54, 1.807) is 60.7 Å². The number of carboxylic acids is 1. The Hall–Kier alpha value is -3.52. The van der Waals surface area contributed by atoms with Crippen molar-refractivity contribution in [1.82, 2.24) is 0 Å². The van der Waals surface area contributed by atoms with Crippen LogP contribution in [0.4, 0.5) is 5.69 Å². The lowest BCUT2D eigenvalue weighted by molar-refractivity contribution is 0.0697. The molecule has 0 aliphatic rings. The van der Waals surface area contributed by atoms with Crippen molar-refractivity contribution >= 4 is 21.7 Å². The Bertz CT molecular complexity index is 1130. The third-order valence-electron chi connectivity index (χ3n) is 4.48. The molecular weight excluding hydrogens is 418 g/mol. The second-order valence-corrected chi connectivity index (χ2v) is 8.31. The summed E-state index contributed by atoms with van der Waals surface area (Å²) in [4.78, 5) is 11.0. The average molecular weight is 442 g/mol. The smallest absolute Gasteiger partial charge is 0.335 e. The van der Waals surface area contributed by atoms with E-state index in [4.69, 9.17) is 14.6 Å². The van der Waals surface area contributed by atoms with Crippen molar-refractivity contribution < 1.29 is 27.8 Å². The standard InChI is InChI=1S/C23H23NO6S/c1-2-17-7-13-20(14-8-17)31(27,28)24-21-5-3-4-6-22(21)30-16-15-29-19-11-9-18(10-12-19)23(25)26/h3-14,24H,2,15-16H2,1H3,(H,25,26). The minimum Gasteiger partial charge on any atom is -0.490 e. The average Bonchev–Trinajstić information content (AvgIpc) is 2.78. The van der Waals surface area contributed by atoms with Gasteiger partial charge in [-0.3, -0.25) is 4.72 Å². The van der Waals surface area contributed by atoms with Crippen LogP contribution in [0.15, 0.2) is 77.7 Å². The Balaban J connectivity index is 1.60. The second kappa shape index (κ2) is 9.99. The van der Waals surface area contributed by atoms with Gasteiger partial charge in [-0.1, -0.05) is 31.2 Å². The minimum absolute atomic E-state index is 0.171. The van der Waals surface area contributed by atoms with Crippen LogP contribution in [-0.2, 0) is 16.4 Å². The summed E-state index contributed by atoms with van der Waals surface area (Å²) in [6, 6.07) is 19.5. The summed E-state index contributed by atoms with van der Waals surface area (Å²) in [6.45, 7) is 2.38. The molecule has 8 heteroatoms. The van der Waals surface area contributed by atoms with Crippen molar-refractivity contribution in [2.45, 2.75) is 18.2 Å². The highest BCUT2D eigenvalue weighted by Gasteiger charge is 2.16. The van der Waals surface area contributed by atoms with Crippen LogP contribution in [0, 0.1) is 0 Å². The number of carbonyl (C=O) groups is 1. The third-order valence-corrected chi connectivity index (χ3v) is 5.87. The van der Waals surface area contributed by atoms with Crippen LogP contribution in [0.3, 0.4) is 0 Å². The zero-order valence-corrected chi connectivity index (χ0v) is 17.8. The van der Waals surface area contributed by atoms with Crippen LogP contribution in [0.5, 0.6) is 11.5 Å². The number of aryl methyl sites for hydroxylation is 1. The van der Waals surface area contributed by atoms with Crippen molar-refractivity contribution in [3.05, 3.63) is 83.9 Å². The molecule has 0 radical (unpaired) electrons. The molecule has 0 amide bonds. The zero-order valence-electron chi connectivity index (χ0n) is 16.9. The van der Waals surface area contributed by atoms with E-state index in [2.05, 4.69) is 4.72 Å². The highest BCUT2D eigenvalue weighted by molar-refractivity contribution is 7.92. The normalized spacial score (nSPS) is 11.0. The lowest BCUT2D eigenvalue weighted by Gasteiger charge is -2.14. The first kappa shape index (κ1) is 22.2. The van der Waals surface area contributed by atoms with E-state index in [1.165, 1.54) is 12.1 Å². The maximum Gasteiger partial charge on any atom is 0.335 e. The molecule has 0 spiro atoms. The van der Waals surface area contributed by atoms with E-state index in [-0.39, 0.29) is 23.7 Å². The Kier molecular flexibility index (Phi) is 7.15. The molecule has 2 N–H and O–H groups in total. The van der Waals surface area contributed by atoms with Crippen LogP contribution in [-0.4, -0.2) is 32.7 Å². The fourth-order valence-electron chi connectivity index (χ4n) is 2.79. The van der Waals surface area contributed by atoms with Crippen LogP contribution in [0.25, 0.3) is 0 Å². The highest BCUT2D eigenvalue weighted by Crippen LogP contribution is 2.27. The number of benzene rings is 3. The zero-order chi connectivity index (χ0) is 22.3. The van der Waals surface area contributed by atoms with Crippen molar-refractivity contribution in [3.8, 4) is 11.5 Å². The number of aromatic carboxylic acids is 1. The van der Waals surface area contributed by atoms with Gasteiger partial charge in [-0.25, -0.2) is 13.2 Å². The van der Waals surface area contributed by atoms with Crippen LogP contribution in [0.2, 0.25) is 0 Å². The Morgan fingerprint density at radius 3 is 2.19 bits per heavy atom. The Labute approximate surface area is 181 Å². The fourth-order valence-corrected chi connectivity index (χ4v) is 3.86. The Morgan fingerprint density at radius 1 is 0.903 bits per heavy atom. The molecule has 0 saturated heterocycles. The molecule has 162 valence electrons. The topological polar surface area (TPSA) is 102 Å². The molecule has 0 aliphatic heterocycles. The summed E-state index contributed by atoms with van der Waals surface area (Å²) in [6.07, 6.45) is 0.830. The number of hydrogen-bond donors (Lipinski definition) is 2. The first-order chi connectivity index (χ1) is 14.9. The van der Waals surface area contributed by atoms with Gasteiger partial charge in [0, 0.05) is 0 Å². The summed E-state index contributed by atoms with van der Waals surface area (Å²) in [7, 11) is -3.75. The number of nitrogens with one attached hydrogen (secondary N) is 1. The monoisotopic (exact) mass is 441 g/mol. The first-order valence-corrected chi connectivity index (χ1v) is 11.2. The molecular formula is C23H23NO6S. The predicted octanol–water partition coefficient (Wildman–Crippen LogP) is 4.21. The van der Waals surface area contributed by atoms with E-state index in [1.807, 2.05) is 6.92 Å². The molecule has 0 unspecified atom stereocenters. The van der Waals surface area contributed by atoms with Gasteiger partial charge in [0.15, 0.2) is 0 Å². The van der Waals surface area contributed by atoms with Crippen LogP contribution < -0.4 is 14.2 Å². The van der Waals surface area contributed by atoms with Crippen LogP contribution in [0.1, 0.15) is 22.8 Å². The number of para-hydroxylation sites is 2. The van der Waals surface area contributed by atoms with Crippen molar-refractivity contribution in [3.63, 3.8) is 0 Å². The first-order valence-electron chi connectivity index (χ1n) is 9.69. The molecule has 0 fully saturated rings. The molecule has 0 heterocycles. The molecule has 0 aromatic heterocycles. The van der Waals surface area contributed by atoms with Gasteiger partial charge in [-0.2, -0.15) is 0 Å². The fraction of sp³-hybridized carbons (Fsp3) is 0.174. The van der Waals surface area contributed by atoms with Gasteiger partial charge in [0.1, 0.15) is 24.7 Å². The summed E-state index contributed by atoms with van der Waals surface area (Å²) in [5.74, 6) is -0.116. The van der Waals surface area contributed by atoms with Gasteiger partial charge in [-0.05, 0) is 60.5 Å². The molecule has 31 heavy (non-hydrogen) atoms. The van der Waals surface area contributed by atoms with Gasteiger partial charge >= 0.3 is 5.97 Å². The molecule has 0 atom stereocenters. The molecule has 3 rings (SSSR count). The van der Waals surface area contributed by atoms with E-state index >= 15 is 0 Å². The summed E-state index contributed by atoms with van der Waals surface area (Å²) < 4.78 is 39.2. The Morgan fingerprint density at radius 2 is 1.55 bits per heavy atom. The summed E-state index contributed by atoms with van der Waals surface area (Å²) in [5, 5.41) is 8.91. The largest absolute Gasteiger partial charge is 0.490 e. The highest BCUT2D eigenvalue weighted by atomic mass is 32.2. The molecule has 3 aromatic rings. The third kappa shape index (κ3) is 5.99. The molecule has 7 nitrogen and oxygen atoms in total. The molecule has 0 bridgehead atoms. The summed E-state index contributed by atoms with van der Waals surface area (Å²) >= 11 is 0. The maximum atomic E-state index is 12.7. The number of anilines is 1. The second-order valence-electron chi connectivity index (χ2n) is 6.63. The lowest BCUT2D eigenvalue weighted by Crippen LogP contribution is -2.15. The molecule has 3 aromatic carbocycles. The molecule has 0 saturated carbocycles. The maximum absolute atomic E-state index is 12.7. The quantitative estimate of drug-likeness (QED) is 0.457. The van der Waals surface area contributed by atoms with Gasteiger partial charge < -0.3 is 14.6 Å². The number of sulfonamides is 1. The van der Waals surface area contributed by atoms with E-state index < -0.39 is 16.0 Å².